The molecule has 0 unspecified atom stereocenters. The predicted molar refractivity (Wildman–Crippen MR) is 104 cm³/mol. The number of benzene rings is 2. The number of nitrogens with zero attached hydrogens (tertiary/aromatic N) is 1. The van der Waals surface area contributed by atoms with E-state index >= 15 is 0 Å². The number of aryl methyl sites for hydroxylation is 1. The van der Waals surface area contributed by atoms with Gasteiger partial charge in [-0.25, -0.2) is 0 Å². The molecule has 5 nitrogen and oxygen atoms in total. The third kappa shape index (κ3) is 4.64. The van der Waals surface area contributed by atoms with Gasteiger partial charge in [0, 0.05) is 24.0 Å². The molecule has 6 heteroatoms. The lowest BCUT2D eigenvalue weighted by Crippen LogP contribution is -2.39. The van der Waals surface area contributed by atoms with Gasteiger partial charge in [0.05, 0.1) is 5.69 Å². The van der Waals surface area contributed by atoms with Crippen molar-refractivity contribution in [2.75, 3.05) is 18.1 Å². The Morgan fingerprint density at radius 3 is 2.92 bits per heavy atom. The number of fused-ring (bicyclic) bond motifs is 1. The van der Waals surface area contributed by atoms with Crippen molar-refractivity contribution in [3.8, 4) is 5.75 Å². The van der Waals surface area contributed by atoms with Crippen molar-refractivity contribution in [1.29, 1.82) is 0 Å². The van der Waals surface area contributed by atoms with Gasteiger partial charge in [-0.3, -0.25) is 9.59 Å². The van der Waals surface area contributed by atoms with Crippen LogP contribution < -0.4 is 15.0 Å². The maximum atomic E-state index is 12.2. The van der Waals surface area contributed by atoms with E-state index in [9.17, 15) is 9.59 Å². The maximum absolute atomic E-state index is 12.2. The summed E-state index contributed by atoms with van der Waals surface area (Å²) < 4.78 is 6.46. The second-order valence-corrected chi connectivity index (χ2v) is 7.23. The number of nitrogens with one attached hydrogen (secondary N) is 1. The first-order valence-electron chi connectivity index (χ1n) is 8.58. The van der Waals surface area contributed by atoms with E-state index in [0.717, 1.165) is 21.3 Å². The van der Waals surface area contributed by atoms with Crippen molar-refractivity contribution >= 4 is 33.4 Å². The molecule has 0 fully saturated rings. The number of halogens is 1. The van der Waals surface area contributed by atoms with Crippen LogP contribution in [0.5, 0.6) is 5.75 Å². The van der Waals surface area contributed by atoms with Crippen LogP contribution in [0.25, 0.3) is 0 Å². The van der Waals surface area contributed by atoms with Crippen LogP contribution in [-0.4, -0.2) is 25.0 Å². The Morgan fingerprint density at radius 1 is 1.27 bits per heavy atom. The molecule has 1 N–H and O–H groups in total. The van der Waals surface area contributed by atoms with Gasteiger partial charge in [0.2, 0.25) is 5.91 Å². The molecule has 0 saturated carbocycles. The summed E-state index contributed by atoms with van der Waals surface area (Å²) in [4.78, 5) is 26.0. The van der Waals surface area contributed by atoms with E-state index in [2.05, 4.69) is 21.2 Å². The lowest BCUT2D eigenvalue weighted by atomic mass is 10.1. The van der Waals surface area contributed by atoms with Gasteiger partial charge in [-0.05, 0) is 48.7 Å². The van der Waals surface area contributed by atoms with E-state index in [0.29, 0.717) is 31.7 Å². The van der Waals surface area contributed by atoms with Crippen LogP contribution in [0.1, 0.15) is 24.0 Å². The quantitative estimate of drug-likeness (QED) is 0.782. The van der Waals surface area contributed by atoms with Crippen LogP contribution in [0, 0.1) is 6.92 Å². The van der Waals surface area contributed by atoms with Crippen molar-refractivity contribution in [3.05, 3.63) is 58.1 Å². The van der Waals surface area contributed by atoms with Gasteiger partial charge in [-0.15, -0.1) is 0 Å². The second kappa shape index (κ2) is 8.36. The monoisotopic (exact) mass is 416 g/mol. The van der Waals surface area contributed by atoms with Crippen molar-refractivity contribution in [3.63, 3.8) is 0 Å². The first-order valence-corrected chi connectivity index (χ1v) is 9.37. The van der Waals surface area contributed by atoms with Crippen LogP contribution >= 0.6 is 15.9 Å². The Labute approximate surface area is 161 Å². The van der Waals surface area contributed by atoms with Crippen LogP contribution in [0.2, 0.25) is 0 Å². The molecule has 0 bridgehead atoms. The van der Waals surface area contributed by atoms with Crippen molar-refractivity contribution in [2.24, 2.45) is 0 Å². The molecule has 2 amide bonds. The van der Waals surface area contributed by atoms with E-state index < -0.39 is 0 Å². The highest BCUT2D eigenvalue weighted by Crippen LogP contribution is 2.32. The van der Waals surface area contributed by atoms with Gasteiger partial charge in [0.25, 0.3) is 5.91 Å². The van der Waals surface area contributed by atoms with E-state index in [-0.39, 0.29) is 18.4 Å². The number of carbonyl (C=O) groups is 2. The third-order valence-corrected chi connectivity index (χ3v) is 4.71. The summed E-state index contributed by atoms with van der Waals surface area (Å²) in [7, 11) is 0. The molecule has 1 aliphatic rings. The SMILES string of the molecule is Cc1ccc2c(c1)N(CCCC(=O)NCc1cccc(Br)c1)C(=O)CO2. The van der Waals surface area contributed by atoms with Gasteiger partial charge >= 0.3 is 0 Å². The third-order valence-electron chi connectivity index (χ3n) is 4.22. The van der Waals surface area contributed by atoms with Gasteiger partial charge in [-0.2, -0.15) is 0 Å². The normalized spacial score (nSPS) is 13.2. The molecule has 2 aromatic carbocycles. The summed E-state index contributed by atoms with van der Waals surface area (Å²) in [6.07, 6.45) is 0.975. The van der Waals surface area contributed by atoms with Crippen LogP contribution in [0.4, 0.5) is 5.69 Å². The fraction of sp³-hybridized carbons (Fsp3) is 0.300. The second-order valence-electron chi connectivity index (χ2n) is 6.32. The van der Waals surface area contributed by atoms with Crippen molar-refractivity contribution in [1.82, 2.24) is 5.32 Å². The first kappa shape index (κ1) is 18.5. The molecule has 26 heavy (non-hydrogen) atoms. The fourth-order valence-corrected chi connectivity index (χ4v) is 3.34. The summed E-state index contributed by atoms with van der Waals surface area (Å²) in [5.41, 5.74) is 2.90. The molecular formula is C20H21BrN2O3. The van der Waals surface area contributed by atoms with Crippen LogP contribution in [0.15, 0.2) is 46.9 Å². The average Bonchev–Trinajstić information content (AvgIpc) is 2.62. The molecule has 1 aliphatic heterocycles. The maximum Gasteiger partial charge on any atom is 0.265 e. The topological polar surface area (TPSA) is 58.6 Å². The molecule has 0 aromatic heterocycles. The zero-order valence-corrected chi connectivity index (χ0v) is 16.2. The summed E-state index contributed by atoms with van der Waals surface area (Å²) in [6, 6.07) is 13.6. The minimum atomic E-state index is -0.0716. The first-order chi connectivity index (χ1) is 12.5. The van der Waals surface area contributed by atoms with E-state index in [1.807, 2.05) is 49.4 Å². The Hall–Kier alpha value is -2.34. The number of hydrogen-bond donors (Lipinski definition) is 1. The van der Waals surface area contributed by atoms with E-state index in [4.69, 9.17) is 4.74 Å². The number of amides is 2. The zero-order valence-electron chi connectivity index (χ0n) is 14.6. The van der Waals surface area contributed by atoms with Crippen molar-refractivity contribution < 1.29 is 14.3 Å². The molecule has 3 rings (SSSR count). The number of ether oxygens (including phenoxy) is 1. The van der Waals surface area contributed by atoms with Gasteiger partial charge in [0.15, 0.2) is 6.61 Å². The smallest absolute Gasteiger partial charge is 0.265 e. The summed E-state index contributed by atoms with van der Waals surface area (Å²) >= 11 is 3.42. The molecule has 1 heterocycles. The highest BCUT2D eigenvalue weighted by atomic mass is 79.9. The number of rotatable bonds is 6. The Balaban J connectivity index is 1.51. The van der Waals surface area contributed by atoms with E-state index in [1.165, 1.54) is 0 Å². The molecule has 0 radical (unpaired) electrons. The molecular weight excluding hydrogens is 396 g/mol. The number of hydrogen-bond acceptors (Lipinski definition) is 3. The van der Waals surface area contributed by atoms with E-state index in [1.54, 1.807) is 4.90 Å². The van der Waals surface area contributed by atoms with Crippen molar-refractivity contribution in [2.45, 2.75) is 26.3 Å². The minimum absolute atomic E-state index is 0.0184. The molecule has 2 aromatic rings. The number of carbonyl (C=O) groups excluding carboxylic acids is 2. The van der Waals surface area contributed by atoms with Crippen LogP contribution in [-0.2, 0) is 16.1 Å². The van der Waals surface area contributed by atoms with Crippen LogP contribution in [0.3, 0.4) is 0 Å². The standard InChI is InChI=1S/C20H21BrN2O3/c1-14-7-8-18-17(10-14)23(20(25)13-26-18)9-3-6-19(24)22-12-15-4-2-5-16(21)11-15/h2,4-5,7-8,10-11H,3,6,9,12-13H2,1H3,(H,22,24). The molecule has 0 aliphatic carbocycles. The molecule has 136 valence electrons. The highest BCUT2D eigenvalue weighted by Gasteiger charge is 2.25. The summed E-state index contributed by atoms with van der Waals surface area (Å²) in [5, 5.41) is 2.92. The molecule has 0 atom stereocenters. The molecule has 0 saturated heterocycles. The van der Waals surface area contributed by atoms with Gasteiger partial charge in [-0.1, -0.05) is 34.1 Å². The summed E-state index contributed by atoms with van der Waals surface area (Å²) in [6.45, 7) is 3.03. The lowest BCUT2D eigenvalue weighted by Gasteiger charge is -2.29. The number of anilines is 1. The Kier molecular flexibility index (Phi) is 5.93. The zero-order chi connectivity index (χ0) is 18.5. The minimum Gasteiger partial charge on any atom is -0.482 e. The Morgan fingerprint density at radius 2 is 2.12 bits per heavy atom. The predicted octanol–water partition coefficient (Wildman–Crippen LogP) is 3.58. The fourth-order valence-electron chi connectivity index (χ4n) is 2.89. The van der Waals surface area contributed by atoms with Gasteiger partial charge < -0.3 is 15.0 Å². The molecule has 0 spiro atoms. The highest BCUT2D eigenvalue weighted by molar-refractivity contribution is 9.10. The summed E-state index contributed by atoms with van der Waals surface area (Å²) in [5.74, 6) is 0.627. The largest absolute Gasteiger partial charge is 0.482 e. The Bertz CT molecular complexity index is 822. The average molecular weight is 417 g/mol. The van der Waals surface area contributed by atoms with Gasteiger partial charge in [0.1, 0.15) is 5.75 Å². The lowest BCUT2D eigenvalue weighted by molar-refractivity contribution is -0.123.